The number of ether oxygens (including phenoxy) is 1. The molecular formula is C13H16N4O3. The Hall–Kier alpha value is -2.20. The summed E-state index contributed by atoms with van der Waals surface area (Å²) in [5.74, 6) is 0.150. The molecule has 2 heterocycles. The Balaban J connectivity index is 2.26. The number of nitrogens with zero attached hydrogens (tertiary/aromatic N) is 3. The molecule has 1 aromatic rings. The van der Waals surface area contributed by atoms with Crippen molar-refractivity contribution >= 4 is 11.5 Å². The summed E-state index contributed by atoms with van der Waals surface area (Å²) in [5, 5.41) is 23.1. The highest BCUT2D eigenvalue weighted by Crippen LogP contribution is 2.30. The van der Waals surface area contributed by atoms with Gasteiger partial charge in [0.25, 0.3) is 0 Å². The molecule has 7 heteroatoms. The lowest BCUT2D eigenvalue weighted by molar-refractivity contribution is -0.384. The van der Waals surface area contributed by atoms with Crippen LogP contribution >= 0.6 is 0 Å². The van der Waals surface area contributed by atoms with Crippen molar-refractivity contribution in [3.8, 4) is 6.07 Å². The first-order valence-electron chi connectivity index (χ1n) is 6.37. The number of nitro groups is 1. The Kier molecular flexibility index (Phi) is 3.86. The lowest BCUT2D eigenvalue weighted by atomic mass is 9.94. The lowest BCUT2D eigenvalue weighted by Crippen LogP contribution is -2.40. The first-order valence-corrected chi connectivity index (χ1v) is 6.37. The van der Waals surface area contributed by atoms with E-state index in [1.807, 2.05) is 19.9 Å². The topological polar surface area (TPSA) is 101 Å². The predicted octanol–water partition coefficient (Wildman–Crippen LogP) is 2.23. The van der Waals surface area contributed by atoms with E-state index in [1.54, 1.807) is 0 Å². The summed E-state index contributed by atoms with van der Waals surface area (Å²) >= 11 is 0. The molecular weight excluding hydrogens is 260 g/mol. The Morgan fingerprint density at radius 2 is 2.40 bits per heavy atom. The second-order valence-corrected chi connectivity index (χ2v) is 5.37. The molecule has 0 spiro atoms. The minimum atomic E-state index is -0.571. The first-order chi connectivity index (χ1) is 9.43. The SMILES string of the molecule is CC1(C)CC(Nc2nccc(C#N)c2[N+](=O)[O-])CCO1. The number of pyridine rings is 1. The molecule has 1 aliphatic heterocycles. The third kappa shape index (κ3) is 3.03. The van der Waals surface area contributed by atoms with Crippen LogP contribution in [0.2, 0.25) is 0 Å². The van der Waals surface area contributed by atoms with Gasteiger partial charge in [0, 0.05) is 18.8 Å². The van der Waals surface area contributed by atoms with Crippen molar-refractivity contribution in [2.45, 2.75) is 38.3 Å². The number of nitrogens with one attached hydrogen (secondary N) is 1. The summed E-state index contributed by atoms with van der Waals surface area (Å²) in [7, 11) is 0. The number of rotatable bonds is 3. The van der Waals surface area contributed by atoms with Gasteiger partial charge >= 0.3 is 5.69 Å². The van der Waals surface area contributed by atoms with Crippen LogP contribution in [0.3, 0.4) is 0 Å². The summed E-state index contributed by atoms with van der Waals surface area (Å²) in [4.78, 5) is 14.6. The molecule has 1 atom stereocenters. The number of hydrogen-bond acceptors (Lipinski definition) is 6. The van der Waals surface area contributed by atoms with Gasteiger partial charge in [-0.3, -0.25) is 10.1 Å². The van der Waals surface area contributed by atoms with Crippen LogP contribution in [0.4, 0.5) is 11.5 Å². The van der Waals surface area contributed by atoms with E-state index in [1.165, 1.54) is 12.3 Å². The van der Waals surface area contributed by atoms with Crippen LogP contribution in [0.1, 0.15) is 32.3 Å². The van der Waals surface area contributed by atoms with E-state index >= 15 is 0 Å². The molecule has 1 unspecified atom stereocenters. The predicted molar refractivity (Wildman–Crippen MR) is 72.3 cm³/mol. The van der Waals surface area contributed by atoms with Gasteiger partial charge in [0.2, 0.25) is 5.82 Å². The van der Waals surface area contributed by atoms with Crippen molar-refractivity contribution in [1.82, 2.24) is 4.98 Å². The summed E-state index contributed by atoms with van der Waals surface area (Å²) in [5.41, 5.74) is -0.518. The minimum absolute atomic E-state index is 0.0128. The first kappa shape index (κ1) is 14.2. The monoisotopic (exact) mass is 276 g/mol. The van der Waals surface area contributed by atoms with Crippen LogP contribution in [-0.4, -0.2) is 28.2 Å². The standard InChI is InChI=1S/C13H16N4O3/c1-13(2)7-10(4-6-20-13)16-12-11(17(18)19)9(8-14)3-5-15-12/h3,5,10H,4,6-7H2,1-2H3,(H,15,16). The average Bonchev–Trinajstić information content (AvgIpc) is 2.36. The summed E-state index contributed by atoms with van der Waals surface area (Å²) in [6.45, 7) is 4.55. The molecule has 1 aliphatic rings. The molecule has 106 valence electrons. The molecule has 0 saturated carbocycles. The van der Waals surface area contributed by atoms with Crippen LogP contribution in [0, 0.1) is 21.4 Å². The quantitative estimate of drug-likeness (QED) is 0.671. The maximum absolute atomic E-state index is 11.1. The van der Waals surface area contributed by atoms with Crippen molar-refractivity contribution in [3.63, 3.8) is 0 Å². The van der Waals surface area contributed by atoms with Gasteiger partial charge in [-0.15, -0.1) is 0 Å². The van der Waals surface area contributed by atoms with Crippen LogP contribution in [0.5, 0.6) is 0 Å². The van der Waals surface area contributed by atoms with E-state index < -0.39 is 4.92 Å². The molecule has 1 aromatic heterocycles. The van der Waals surface area contributed by atoms with E-state index in [0.29, 0.717) is 6.61 Å². The molecule has 20 heavy (non-hydrogen) atoms. The van der Waals surface area contributed by atoms with Crippen LogP contribution < -0.4 is 5.32 Å². The molecule has 0 bridgehead atoms. The second kappa shape index (κ2) is 5.43. The van der Waals surface area contributed by atoms with Crippen molar-refractivity contribution in [3.05, 3.63) is 27.9 Å². The summed E-state index contributed by atoms with van der Waals surface area (Å²) < 4.78 is 5.61. The van der Waals surface area contributed by atoms with Gasteiger partial charge in [-0.05, 0) is 32.8 Å². The number of anilines is 1. The van der Waals surface area contributed by atoms with Gasteiger partial charge in [-0.1, -0.05) is 0 Å². The highest BCUT2D eigenvalue weighted by Gasteiger charge is 2.31. The van der Waals surface area contributed by atoms with E-state index in [9.17, 15) is 10.1 Å². The van der Waals surface area contributed by atoms with Gasteiger partial charge < -0.3 is 10.1 Å². The number of hydrogen-bond donors (Lipinski definition) is 1. The third-order valence-corrected chi connectivity index (χ3v) is 3.27. The van der Waals surface area contributed by atoms with E-state index in [2.05, 4.69) is 10.3 Å². The fourth-order valence-electron chi connectivity index (χ4n) is 2.38. The van der Waals surface area contributed by atoms with Crippen LogP contribution in [-0.2, 0) is 4.74 Å². The molecule has 0 aromatic carbocycles. The van der Waals surface area contributed by atoms with Crippen LogP contribution in [0.15, 0.2) is 12.3 Å². The zero-order valence-electron chi connectivity index (χ0n) is 11.4. The number of aromatic nitrogens is 1. The van der Waals surface area contributed by atoms with Gasteiger partial charge in [0.05, 0.1) is 10.5 Å². The van der Waals surface area contributed by atoms with Gasteiger partial charge in [0.1, 0.15) is 11.6 Å². The fraction of sp³-hybridized carbons (Fsp3) is 0.538. The fourth-order valence-corrected chi connectivity index (χ4v) is 2.38. The van der Waals surface area contributed by atoms with Crippen LogP contribution in [0.25, 0.3) is 0 Å². The Morgan fingerprint density at radius 1 is 1.65 bits per heavy atom. The van der Waals surface area contributed by atoms with Crippen molar-refractivity contribution in [1.29, 1.82) is 5.26 Å². The zero-order valence-corrected chi connectivity index (χ0v) is 11.4. The summed E-state index contributed by atoms with van der Waals surface area (Å²) in [6, 6.07) is 3.21. The molecule has 0 radical (unpaired) electrons. The van der Waals surface area contributed by atoms with Crippen molar-refractivity contribution in [2.75, 3.05) is 11.9 Å². The maximum atomic E-state index is 11.1. The lowest BCUT2D eigenvalue weighted by Gasteiger charge is -2.35. The normalized spacial score (nSPS) is 20.9. The smallest absolute Gasteiger partial charge is 0.328 e. The Labute approximate surface area is 116 Å². The van der Waals surface area contributed by atoms with E-state index in [4.69, 9.17) is 10.00 Å². The molecule has 0 amide bonds. The molecule has 1 saturated heterocycles. The zero-order chi connectivity index (χ0) is 14.8. The van der Waals surface area contributed by atoms with Gasteiger partial charge in [-0.2, -0.15) is 5.26 Å². The Bertz CT molecular complexity index is 565. The molecule has 0 aliphatic carbocycles. The Morgan fingerprint density at radius 3 is 3.00 bits per heavy atom. The third-order valence-electron chi connectivity index (χ3n) is 3.27. The second-order valence-electron chi connectivity index (χ2n) is 5.37. The largest absolute Gasteiger partial charge is 0.375 e. The number of nitriles is 1. The summed E-state index contributed by atoms with van der Waals surface area (Å²) in [6.07, 6.45) is 2.88. The highest BCUT2D eigenvalue weighted by molar-refractivity contribution is 5.64. The van der Waals surface area contributed by atoms with Gasteiger partial charge in [0.15, 0.2) is 0 Å². The van der Waals surface area contributed by atoms with E-state index in [0.717, 1.165) is 12.8 Å². The molecule has 7 nitrogen and oxygen atoms in total. The van der Waals surface area contributed by atoms with Gasteiger partial charge in [-0.25, -0.2) is 4.98 Å². The van der Waals surface area contributed by atoms with E-state index in [-0.39, 0.29) is 28.7 Å². The molecule has 2 rings (SSSR count). The maximum Gasteiger partial charge on any atom is 0.328 e. The van der Waals surface area contributed by atoms with Crippen molar-refractivity contribution in [2.24, 2.45) is 0 Å². The average molecular weight is 276 g/mol. The highest BCUT2D eigenvalue weighted by atomic mass is 16.6. The molecule has 1 N–H and O–H groups in total. The minimum Gasteiger partial charge on any atom is -0.375 e. The molecule has 1 fully saturated rings. The van der Waals surface area contributed by atoms with Crippen molar-refractivity contribution < 1.29 is 9.66 Å².